The normalized spacial score (nSPS) is 17.9. The highest BCUT2D eigenvalue weighted by atomic mass is 16.5. The first-order valence-electron chi connectivity index (χ1n) is 7.07. The van der Waals surface area contributed by atoms with Crippen LogP contribution in [0.25, 0.3) is 0 Å². The van der Waals surface area contributed by atoms with E-state index >= 15 is 0 Å². The maximum Gasteiger partial charge on any atom is 0.243 e. The van der Waals surface area contributed by atoms with Crippen molar-refractivity contribution in [3.63, 3.8) is 0 Å². The Bertz CT molecular complexity index is 606. The highest BCUT2D eigenvalue weighted by molar-refractivity contribution is 5.43. The minimum absolute atomic E-state index is 0.205. The summed E-state index contributed by atoms with van der Waals surface area (Å²) >= 11 is 0. The molecule has 1 unspecified atom stereocenters. The molecule has 0 bridgehead atoms. The Kier molecular flexibility index (Phi) is 4.06. The Labute approximate surface area is 123 Å². The van der Waals surface area contributed by atoms with Gasteiger partial charge in [0.05, 0.1) is 20.3 Å². The van der Waals surface area contributed by atoms with E-state index in [1.807, 2.05) is 18.2 Å². The van der Waals surface area contributed by atoms with Crippen molar-refractivity contribution in [2.75, 3.05) is 20.8 Å². The van der Waals surface area contributed by atoms with Crippen molar-refractivity contribution in [2.45, 2.75) is 25.3 Å². The average Bonchev–Trinajstić information content (AvgIpc) is 3.17. The van der Waals surface area contributed by atoms with Crippen LogP contribution in [0.15, 0.2) is 22.7 Å². The summed E-state index contributed by atoms with van der Waals surface area (Å²) in [4.78, 5) is 4.47. The Hall–Kier alpha value is -2.08. The molecule has 3 rings (SSSR count). The van der Waals surface area contributed by atoms with Gasteiger partial charge >= 0.3 is 0 Å². The van der Waals surface area contributed by atoms with Crippen molar-refractivity contribution in [1.29, 1.82) is 0 Å². The number of nitrogens with zero attached hydrogens (tertiary/aromatic N) is 2. The molecule has 1 aromatic heterocycles. The van der Waals surface area contributed by atoms with Crippen molar-refractivity contribution >= 4 is 0 Å². The molecule has 1 saturated heterocycles. The fourth-order valence-electron chi connectivity index (χ4n) is 2.55. The smallest absolute Gasteiger partial charge is 0.243 e. The SMILES string of the molecule is COc1ccc(Cc2noc(C3CCCN3)n2)cc1OC. The van der Waals surface area contributed by atoms with E-state index < -0.39 is 0 Å². The van der Waals surface area contributed by atoms with Crippen LogP contribution >= 0.6 is 0 Å². The summed E-state index contributed by atoms with van der Waals surface area (Å²) < 4.78 is 15.9. The molecule has 0 amide bonds. The number of hydrogen-bond donors (Lipinski definition) is 1. The number of ether oxygens (including phenoxy) is 2. The fraction of sp³-hybridized carbons (Fsp3) is 0.467. The van der Waals surface area contributed by atoms with Crippen LogP contribution in [-0.2, 0) is 6.42 Å². The van der Waals surface area contributed by atoms with Gasteiger partial charge in [-0.1, -0.05) is 11.2 Å². The van der Waals surface area contributed by atoms with Crippen molar-refractivity contribution in [2.24, 2.45) is 0 Å². The van der Waals surface area contributed by atoms with Gasteiger partial charge in [-0.05, 0) is 37.1 Å². The predicted octanol–water partition coefficient (Wildman–Crippen LogP) is 2.10. The molecule has 1 aliphatic rings. The van der Waals surface area contributed by atoms with Crippen LogP contribution in [0.1, 0.15) is 36.2 Å². The average molecular weight is 289 g/mol. The highest BCUT2D eigenvalue weighted by Gasteiger charge is 2.22. The number of methoxy groups -OCH3 is 2. The van der Waals surface area contributed by atoms with Gasteiger partial charge in [0.2, 0.25) is 5.89 Å². The molecule has 6 nitrogen and oxygen atoms in total. The largest absolute Gasteiger partial charge is 0.493 e. The van der Waals surface area contributed by atoms with Crippen molar-refractivity contribution < 1.29 is 14.0 Å². The van der Waals surface area contributed by atoms with Gasteiger partial charge in [-0.25, -0.2) is 0 Å². The standard InChI is InChI=1S/C15H19N3O3/c1-19-12-6-5-10(8-13(12)20-2)9-14-17-15(21-18-14)11-4-3-7-16-11/h5-6,8,11,16H,3-4,7,9H2,1-2H3. The predicted molar refractivity (Wildman–Crippen MR) is 76.6 cm³/mol. The molecule has 2 heterocycles. The molecule has 6 heteroatoms. The fourth-order valence-corrected chi connectivity index (χ4v) is 2.55. The van der Waals surface area contributed by atoms with Crippen molar-refractivity contribution in [3.8, 4) is 11.5 Å². The summed E-state index contributed by atoms with van der Waals surface area (Å²) in [5.74, 6) is 2.79. The summed E-state index contributed by atoms with van der Waals surface area (Å²) in [6.07, 6.45) is 2.81. The van der Waals surface area contributed by atoms with Crippen molar-refractivity contribution in [1.82, 2.24) is 15.5 Å². The third-order valence-corrected chi connectivity index (χ3v) is 3.65. The topological polar surface area (TPSA) is 69.4 Å². The van der Waals surface area contributed by atoms with Crippen LogP contribution in [0.2, 0.25) is 0 Å². The molecule has 1 aliphatic heterocycles. The van der Waals surface area contributed by atoms with Crippen LogP contribution in [0.3, 0.4) is 0 Å². The van der Waals surface area contributed by atoms with Gasteiger partial charge in [-0.3, -0.25) is 0 Å². The molecule has 112 valence electrons. The Balaban J connectivity index is 1.74. The lowest BCUT2D eigenvalue weighted by Gasteiger charge is -2.08. The minimum Gasteiger partial charge on any atom is -0.493 e. The van der Waals surface area contributed by atoms with Gasteiger partial charge in [-0.15, -0.1) is 0 Å². The maximum absolute atomic E-state index is 5.34. The van der Waals surface area contributed by atoms with E-state index in [2.05, 4.69) is 15.5 Å². The molecular weight excluding hydrogens is 270 g/mol. The molecule has 21 heavy (non-hydrogen) atoms. The van der Waals surface area contributed by atoms with E-state index in [0.29, 0.717) is 29.6 Å². The molecule has 1 atom stereocenters. The third kappa shape index (κ3) is 3.00. The van der Waals surface area contributed by atoms with Crippen LogP contribution in [0, 0.1) is 0 Å². The Morgan fingerprint density at radius 2 is 2.14 bits per heavy atom. The van der Waals surface area contributed by atoms with Crippen LogP contribution in [-0.4, -0.2) is 30.9 Å². The molecule has 0 radical (unpaired) electrons. The second-order valence-electron chi connectivity index (χ2n) is 5.06. The second kappa shape index (κ2) is 6.13. The Morgan fingerprint density at radius 3 is 2.86 bits per heavy atom. The summed E-state index contributed by atoms with van der Waals surface area (Å²) in [5, 5.41) is 7.41. The summed E-state index contributed by atoms with van der Waals surface area (Å²) in [5.41, 5.74) is 1.05. The van der Waals surface area contributed by atoms with E-state index in [0.717, 1.165) is 24.9 Å². The number of hydrogen-bond acceptors (Lipinski definition) is 6. The van der Waals surface area contributed by atoms with E-state index in [9.17, 15) is 0 Å². The molecule has 0 saturated carbocycles. The van der Waals surface area contributed by atoms with Gasteiger partial charge in [0.1, 0.15) is 0 Å². The monoisotopic (exact) mass is 289 g/mol. The van der Waals surface area contributed by atoms with Gasteiger partial charge in [-0.2, -0.15) is 4.98 Å². The molecule has 0 aliphatic carbocycles. The lowest BCUT2D eigenvalue weighted by Crippen LogP contribution is -2.13. The zero-order valence-electron chi connectivity index (χ0n) is 12.3. The first-order valence-corrected chi connectivity index (χ1v) is 7.07. The highest BCUT2D eigenvalue weighted by Crippen LogP contribution is 2.28. The first kappa shape index (κ1) is 13.9. The molecular formula is C15H19N3O3. The van der Waals surface area contributed by atoms with Gasteiger partial charge in [0, 0.05) is 6.42 Å². The molecule has 2 aromatic rings. The van der Waals surface area contributed by atoms with E-state index in [1.165, 1.54) is 0 Å². The Morgan fingerprint density at radius 1 is 1.29 bits per heavy atom. The third-order valence-electron chi connectivity index (χ3n) is 3.65. The first-order chi connectivity index (χ1) is 10.3. The second-order valence-corrected chi connectivity index (χ2v) is 5.06. The zero-order chi connectivity index (χ0) is 14.7. The molecule has 0 spiro atoms. The lowest BCUT2D eigenvalue weighted by atomic mass is 10.1. The van der Waals surface area contributed by atoms with E-state index in [-0.39, 0.29) is 6.04 Å². The van der Waals surface area contributed by atoms with Crippen LogP contribution in [0.5, 0.6) is 11.5 Å². The zero-order valence-corrected chi connectivity index (χ0v) is 12.3. The lowest BCUT2D eigenvalue weighted by molar-refractivity contribution is 0.341. The van der Waals surface area contributed by atoms with Crippen molar-refractivity contribution in [3.05, 3.63) is 35.5 Å². The summed E-state index contributed by atoms with van der Waals surface area (Å²) in [6, 6.07) is 6.00. The van der Waals surface area contributed by atoms with Gasteiger partial charge < -0.3 is 19.3 Å². The number of rotatable bonds is 5. The molecule has 1 N–H and O–H groups in total. The number of benzene rings is 1. The quantitative estimate of drug-likeness (QED) is 0.909. The van der Waals surface area contributed by atoms with Gasteiger partial charge in [0.15, 0.2) is 17.3 Å². The summed E-state index contributed by atoms with van der Waals surface area (Å²) in [6.45, 7) is 1.01. The van der Waals surface area contributed by atoms with Crippen LogP contribution in [0.4, 0.5) is 0 Å². The van der Waals surface area contributed by atoms with E-state index in [1.54, 1.807) is 14.2 Å². The van der Waals surface area contributed by atoms with Crippen LogP contribution < -0.4 is 14.8 Å². The molecule has 1 fully saturated rings. The summed E-state index contributed by atoms with van der Waals surface area (Å²) in [7, 11) is 3.25. The molecule has 1 aromatic carbocycles. The van der Waals surface area contributed by atoms with Gasteiger partial charge in [0.25, 0.3) is 0 Å². The van der Waals surface area contributed by atoms with E-state index in [4.69, 9.17) is 14.0 Å². The minimum atomic E-state index is 0.205. The number of aromatic nitrogens is 2. The maximum atomic E-state index is 5.34. The number of nitrogens with one attached hydrogen (secondary N) is 1.